The molecule has 17 heavy (non-hydrogen) atoms. The third kappa shape index (κ3) is 1.99. The highest BCUT2D eigenvalue weighted by Gasteiger charge is 2.35. The molecule has 1 heterocycles. The molecule has 0 amide bonds. The van der Waals surface area contributed by atoms with Gasteiger partial charge < -0.3 is 10.8 Å². The summed E-state index contributed by atoms with van der Waals surface area (Å²) in [6.45, 7) is 0. The van der Waals surface area contributed by atoms with Crippen LogP contribution in [0, 0.1) is 0 Å². The molecule has 3 rings (SSSR count). The molecular formula is C13H13N3O. The maximum absolute atomic E-state index is 9.39. The number of benzene rings is 1. The highest BCUT2D eigenvalue weighted by atomic mass is 16.3. The van der Waals surface area contributed by atoms with Crippen LogP contribution in [0.4, 0.5) is 0 Å². The van der Waals surface area contributed by atoms with E-state index in [0.29, 0.717) is 11.7 Å². The Labute approximate surface area is 99.2 Å². The maximum atomic E-state index is 9.39. The first-order valence-electron chi connectivity index (χ1n) is 5.61. The van der Waals surface area contributed by atoms with Crippen LogP contribution in [0.15, 0.2) is 36.7 Å². The number of hydrogen-bond donors (Lipinski definition) is 2. The summed E-state index contributed by atoms with van der Waals surface area (Å²) in [5, 5.41) is 9.39. The fourth-order valence-corrected chi connectivity index (χ4v) is 1.92. The molecule has 1 aromatic carbocycles. The van der Waals surface area contributed by atoms with Gasteiger partial charge in [-0.15, -0.1) is 0 Å². The second kappa shape index (κ2) is 3.82. The number of nitrogens with zero attached hydrogens (tertiary/aromatic N) is 2. The zero-order valence-electron chi connectivity index (χ0n) is 9.24. The van der Waals surface area contributed by atoms with E-state index >= 15 is 0 Å². The van der Waals surface area contributed by atoms with Crippen molar-refractivity contribution in [2.75, 3.05) is 0 Å². The van der Waals surface area contributed by atoms with Crippen molar-refractivity contribution in [3.63, 3.8) is 0 Å². The van der Waals surface area contributed by atoms with Crippen molar-refractivity contribution < 1.29 is 5.11 Å². The van der Waals surface area contributed by atoms with E-state index in [1.807, 2.05) is 18.5 Å². The van der Waals surface area contributed by atoms with Crippen LogP contribution in [0.1, 0.15) is 17.9 Å². The van der Waals surface area contributed by atoms with Crippen molar-refractivity contribution >= 4 is 0 Å². The standard InChI is InChI=1S/C13H13N3O/c14-12-5-11(12)9-6-15-13(16-7-9)8-2-1-3-10(17)4-8/h1-4,6-7,11-12,17H,5,14H2. The van der Waals surface area contributed by atoms with Crippen LogP contribution in [-0.4, -0.2) is 21.1 Å². The molecule has 4 nitrogen and oxygen atoms in total. The Morgan fingerprint density at radius 3 is 2.53 bits per heavy atom. The van der Waals surface area contributed by atoms with Gasteiger partial charge in [-0.05, 0) is 24.1 Å². The quantitative estimate of drug-likeness (QED) is 0.818. The third-order valence-electron chi connectivity index (χ3n) is 3.04. The van der Waals surface area contributed by atoms with E-state index in [1.165, 1.54) is 0 Å². The Kier molecular flexibility index (Phi) is 2.30. The molecule has 4 heteroatoms. The second-order valence-electron chi connectivity index (χ2n) is 4.40. The molecule has 1 fully saturated rings. The van der Waals surface area contributed by atoms with Crippen LogP contribution >= 0.6 is 0 Å². The van der Waals surface area contributed by atoms with Crippen LogP contribution in [0.2, 0.25) is 0 Å². The Bertz CT molecular complexity index is 539. The highest BCUT2D eigenvalue weighted by Crippen LogP contribution is 2.38. The van der Waals surface area contributed by atoms with Gasteiger partial charge in [0.15, 0.2) is 5.82 Å². The predicted molar refractivity (Wildman–Crippen MR) is 64.5 cm³/mol. The van der Waals surface area contributed by atoms with Gasteiger partial charge >= 0.3 is 0 Å². The number of phenols is 1. The summed E-state index contributed by atoms with van der Waals surface area (Å²) in [4.78, 5) is 8.62. The summed E-state index contributed by atoms with van der Waals surface area (Å²) in [6, 6.07) is 7.19. The average molecular weight is 227 g/mol. The van der Waals surface area contributed by atoms with E-state index in [2.05, 4.69) is 9.97 Å². The Balaban J connectivity index is 1.89. The predicted octanol–water partition coefficient (Wildman–Crippen LogP) is 1.66. The van der Waals surface area contributed by atoms with E-state index in [1.54, 1.807) is 18.2 Å². The molecule has 1 aliphatic rings. The zero-order chi connectivity index (χ0) is 11.8. The van der Waals surface area contributed by atoms with Crippen molar-refractivity contribution in [3.05, 3.63) is 42.2 Å². The first-order chi connectivity index (χ1) is 8.24. The highest BCUT2D eigenvalue weighted by molar-refractivity contribution is 5.57. The first kappa shape index (κ1) is 10.2. The largest absolute Gasteiger partial charge is 0.508 e. The summed E-state index contributed by atoms with van der Waals surface area (Å²) >= 11 is 0. The Morgan fingerprint density at radius 1 is 1.24 bits per heavy atom. The lowest BCUT2D eigenvalue weighted by Crippen LogP contribution is -2.01. The molecule has 3 N–H and O–H groups in total. The molecule has 2 unspecified atom stereocenters. The van der Waals surface area contributed by atoms with Gasteiger partial charge in [-0.3, -0.25) is 0 Å². The van der Waals surface area contributed by atoms with Crippen molar-refractivity contribution in [2.24, 2.45) is 5.73 Å². The SMILES string of the molecule is NC1CC1c1cnc(-c2cccc(O)c2)nc1. The second-order valence-corrected chi connectivity index (χ2v) is 4.40. The maximum Gasteiger partial charge on any atom is 0.159 e. The molecule has 0 radical (unpaired) electrons. The molecule has 0 bridgehead atoms. The van der Waals surface area contributed by atoms with Gasteiger partial charge in [-0.2, -0.15) is 0 Å². The van der Waals surface area contributed by atoms with E-state index in [-0.39, 0.29) is 11.8 Å². The minimum atomic E-state index is 0.222. The van der Waals surface area contributed by atoms with Gasteiger partial charge in [0.2, 0.25) is 0 Å². The molecular weight excluding hydrogens is 214 g/mol. The first-order valence-corrected chi connectivity index (χ1v) is 5.61. The topological polar surface area (TPSA) is 72.0 Å². The number of phenolic OH excluding ortho intramolecular Hbond substituents is 1. The summed E-state index contributed by atoms with van der Waals surface area (Å²) in [7, 11) is 0. The Hall–Kier alpha value is -1.94. The van der Waals surface area contributed by atoms with E-state index in [4.69, 9.17) is 5.73 Å². The fourth-order valence-electron chi connectivity index (χ4n) is 1.92. The lowest BCUT2D eigenvalue weighted by molar-refractivity contribution is 0.475. The van der Waals surface area contributed by atoms with Crippen molar-refractivity contribution in [2.45, 2.75) is 18.4 Å². The van der Waals surface area contributed by atoms with E-state index in [9.17, 15) is 5.11 Å². The van der Waals surface area contributed by atoms with Crippen molar-refractivity contribution in [1.29, 1.82) is 0 Å². The normalized spacial score (nSPS) is 22.4. The number of rotatable bonds is 2. The zero-order valence-corrected chi connectivity index (χ0v) is 9.24. The van der Waals surface area contributed by atoms with Crippen LogP contribution in [0.5, 0.6) is 5.75 Å². The molecule has 86 valence electrons. The number of aromatic hydroxyl groups is 1. The number of aromatic nitrogens is 2. The number of nitrogens with two attached hydrogens (primary N) is 1. The monoisotopic (exact) mass is 227 g/mol. The summed E-state index contributed by atoms with van der Waals surface area (Å²) in [5.41, 5.74) is 7.69. The summed E-state index contributed by atoms with van der Waals surface area (Å²) < 4.78 is 0. The molecule has 0 aliphatic heterocycles. The van der Waals surface area contributed by atoms with E-state index < -0.39 is 0 Å². The van der Waals surface area contributed by atoms with Gasteiger partial charge in [0.05, 0.1) is 0 Å². The lowest BCUT2D eigenvalue weighted by atomic mass is 10.2. The van der Waals surface area contributed by atoms with Crippen LogP contribution in [-0.2, 0) is 0 Å². The lowest BCUT2D eigenvalue weighted by Gasteiger charge is -2.02. The van der Waals surface area contributed by atoms with Crippen molar-refractivity contribution in [1.82, 2.24) is 9.97 Å². The Morgan fingerprint density at radius 2 is 1.94 bits per heavy atom. The van der Waals surface area contributed by atoms with Crippen LogP contribution in [0.25, 0.3) is 11.4 Å². The summed E-state index contributed by atoms with van der Waals surface area (Å²) in [6.07, 6.45) is 4.67. The molecule has 1 saturated carbocycles. The molecule has 1 aliphatic carbocycles. The average Bonchev–Trinajstić information content (AvgIpc) is 3.07. The molecule has 1 aromatic heterocycles. The van der Waals surface area contributed by atoms with Crippen molar-refractivity contribution in [3.8, 4) is 17.1 Å². The fraction of sp³-hybridized carbons (Fsp3) is 0.231. The minimum Gasteiger partial charge on any atom is -0.508 e. The molecule has 2 aromatic rings. The van der Waals surface area contributed by atoms with Gasteiger partial charge in [-0.25, -0.2) is 9.97 Å². The number of hydrogen-bond acceptors (Lipinski definition) is 4. The molecule has 0 spiro atoms. The van der Waals surface area contributed by atoms with Gasteiger partial charge in [0, 0.05) is 29.9 Å². The minimum absolute atomic E-state index is 0.222. The van der Waals surface area contributed by atoms with Gasteiger partial charge in [0.1, 0.15) is 5.75 Å². The van der Waals surface area contributed by atoms with Gasteiger partial charge in [0.25, 0.3) is 0 Å². The van der Waals surface area contributed by atoms with E-state index in [0.717, 1.165) is 17.5 Å². The van der Waals surface area contributed by atoms with Crippen LogP contribution < -0.4 is 5.73 Å². The smallest absolute Gasteiger partial charge is 0.159 e. The summed E-state index contributed by atoms with van der Waals surface area (Å²) in [5.74, 6) is 1.27. The molecule has 0 saturated heterocycles. The van der Waals surface area contributed by atoms with Crippen LogP contribution in [0.3, 0.4) is 0 Å². The molecule has 2 atom stereocenters. The third-order valence-corrected chi connectivity index (χ3v) is 3.04. The van der Waals surface area contributed by atoms with Gasteiger partial charge in [-0.1, -0.05) is 12.1 Å².